The molecule has 0 aliphatic heterocycles. The Morgan fingerprint density at radius 1 is 1.24 bits per heavy atom. The van der Waals surface area contributed by atoms with Gasteiger partial charge in [0.1, 0.15) is 11.5 Å². The van der Waals surface area contributed by atoms with Crippen molar-refractivity contribution in [1.82, 2.24) is 4.57 Å². The molecule has 3 heteroatoms. The van der Waals surface area contributed by atoms with Gasteiger partial charge in [-0.15, -0.1) is 0 Å². The highest BCUT2D eigenvalue weighted by atomic mass is 16.5. The molecule has 1 aromatic heterocycles. The molecule has 0 amide bonds. The Morgan fingerprint density at radius 3 is 2.38 bits per heavy atom. The average molecular weight is 285 g/mol. The topological polar surface area (TPSA) is 31.2 Å². The fourth-order valence-electron chi connectivity index (χ4n) is 2.96. The van der Waals surface area contributed by atoms with Gasteiger partial charge in [0.2, 0.25) is 0 Å². The molecule has 0 saturated heterocycles. The summed E-state index contributed by atoms with van der Waals surface area (Å²) in [7, 11) is 1.67. The van der Waals surface area contributed by atoms with Gasteiger partial charge >= 0.3 is 0 Å². The minimum absolute atomic E-state index is 0.233. The molecule has 1 aromatic carbocycles. The molecule has 1 unspecified atom stereocenters. The number of hydrogen-bond donors (Lipinski definition) is 0. The van der Waals surface area contributed by atoms with Crippen molar-refractivity contribution in [2.24, 2.45) is 0 Å². The van der Waals surface area contributed by atoms with E-state index in [0.29, 0.717) is 6.42 Å². The molecule has 0 aliphatic carbocycles. The number of Topliss-reactive ketones (excluding diaryl/α,β-unsaturated/α-hetero) is 1. The van der Waals surface area contributed by atoms with Crippen LogP contribution in [0.15, 0.2) is 30.3 Å². The lowest BCUT2D eigenvalue weighted by molar-refractivity contribution is -0.117. The van der Waals surface area contributed by atoms with Gasteiger partial charge in [-0.1, -0.05) is 6.92 Å². The maximum atomic E-state index is 11.4. The highest BCUT2D eigenvalue weighted by molar-refractivity contribution is 5.76. The number of benzene rings is 1. The Morgan fingerprint density at radius 2 is 1.86 bits per heavy atom. The number of ether oxygens (including phenoxy) is 1. The molecular formula is C18H23NO2. The number of ketones is 1. The number of hydrogen-bond acceptors (Lipinski definition) is 2. The van der Waals surface area contributed by atoms with Crippen molar-refractivity contribution in [3.05, 3.63) is 47.3 Å². The van der Waals surface area contributed by atoms with Crippen molar-refractivity contribution in [2.75, 3.05) is 7.11 Å². The summed E-state index contributed by atoms with van der Waals surface area (Å²) in [6.07, 6.45) is 0.590. The number of aryl methyl sites for hydroxylation is 1. The van der Waals surface area contributed by atoms with Gasteiger partial charge in [0, 0.05) is 23.5 Å². The number of methoxy groups -OCH3 is 1. The average Bonchev–Trinajstić information content (AvgIpc) is 2.73. The van der Waals surface area contributed by atoms with Gasteiger partial charge in [0.25, 0.3) is 0 Å². The van der Waals surface area contributed by atoms with E-state index in [9.17, 15) is 4.79 Å². The van der Waals surface area contributed by atoms with Crippen molar-refractivity contribution in [2.45, 2.75) is 40.0 Å². The molecule has 1 atom stereocenters. The second-order valence-electron chi connectivity index (χ2n) is 5.67. The van der Waals surface area contributed by atoms with E-state index in [2.05, 4.69) is 43.5 Å². The molecule has 0 fully saturated rings. The molecular weight excluding hydrogens is 262 g/mol. The van der Waals surface area contributed by atoms with Crippen LogP contribution < -0.4 is 4.74 Å². The first-order valence-corrected chi connectivity index (χ1v) is 7.26. The van der Waals surface area contributed by atoms with Crippen LogP contribution in [-0.4, -0.2) is 17.5 Å². The molecule has 3 nitrogen and oxygen atoms in total. The fourth-order valence-corrected chi connectivity index (χ4v) is 2.96. The molecule has 0 spiro atoms. The maximum absolute atomic E-state index is 11.4. The van der Waals surface area contributed by atoms with Crippen LogP contribution in [-0.2, 0) is 4.79 Å². The first-order chi connectivity index (χ1) is 9.93. The van der Waals surface area contributed by atoms with Crippen LogP contribution in [0.25, 0.3) is 5.69 Å². The molecule has 1 heterocycles. The number of carbonyl (C=O) groups is 1. The number of rotatable bonds is 5. The van der Waals surface area contributed by atoms with E-state index < -0.39 is 0 Å². The van der Waals surface area contributed by atoms with Crippen LogP contribution in [0.4, 0.5) is 0 Å². The van der Waals surface area contributed by atoms with E-state index in [1.807, 2.05) is 12.1 Å². The Hall–Kier alpha value is -2.03. The largest absolute Gasteiger partial charge is 0.497 e. The minimum Gasteiger partial charge on any atom is -0.497 e. The zero-order valence-electron chi connectivity index (χ0n) is 13.4. The van der Waals surface area contributed by atoms with Gasteiger partial charge in [0.05, 0.1) is 7.11 Å². The molecule has 0 aliphatic rings. The summed E-state index contributed by atoms with van der Waals surface area (Å²) in [4.78, 5) is 11.4. The Kier molecular flexibility index (Phi) is 4.51. The summed E-state index contributed by atoms with van der Waals surface area (Å²) in [5, 5.41) is 0. The van der Waals surface area contributed by atoms with Crippen LogP contribution >= 0.6 is 0 Å². The third-order valence-corrected chi connectivity index (χ3v) is 3.93. The van der Waals surface area contributed by atoms with Crippen LogP contribution in [0.5, 0.6) is 5.75 Å². The van der Waals surface area contributed by atoms with Crippen LogP contribution in [0.2, 0.25) is 0 Å². The van der Waals surface area contributed by atoms with Crippen molar-refractivity contribution in [3.63, 3.8) is 0 Å². The standard InChI is InChI=1S/C18H23NO2/c1-12(10-14(3)20)18-11-13(2)19(15(18)4)16-6-8-17(21-5)9-7-16/h6-9,11-12H,10H2,1-5H3. The summed E-state index contributed by atoms with van der Waals surface area (Å²) in [6, 6.07) is 10.2. The Labute approximate surface area is 126 Å². The summed E-state index contributed by atoms with van der Waals surface area (Å²) in [6.45, 7) is 7.98. The number of carbonyl (C=O) groups excluding carboxylic acids is 1. The minimum atomic E-state index is 0.233. The lowest BCUT2D eigenvalue weighted by atomic mass is 9.96. The third kappa shape index (κ3) is 3.18. The van der Waals surface area contributed by atoms with E-state index in [-0.39, 0.29) is 11.7 Å². The highest BCUT2D eigenvalue weighted by Gasteiger charge is 2.17. The predicted molar refractivity (Wildman–Crippen MR) is 85.5 cm³/mol. The summed E-state index contributed by atoms with van der Waals surface area (Å²) < 4.78 is 7.43. The van der Waals surface area contributed by atoms with Gasteiger partial charge in [0.15, 0.2) is 0 Å². The monoisotopic (exact) mass is 285 g/mol. The first-order valence-electron chi connectivity index (χ1n) is 7.26. The molecule has 0 N–H and O–H groups in total. The van der Waals surface area contributed by atoms with E-state index in [1.165, 1.54) is 17.0 Å². The van der Waals surface area contributed by atoms with Gasteiger partial charge in [-0.3, -0.25) is 0 Å². The lowest BCUT2D eigenvalue weighted by Crippen LogP contribution is -2.03. The maximum Gasteiger partial charge on any atom is 0.130 e. The zero-order valence-corrected chi connectivity index (χ0v) is 13.4. The van der Waals surface area contributed by atoms with Crippen LogP contribution in [0, 0.1) is 13.8 Å². The van der Waals surface area contributed by atoms with Crippen LogP contribution in [0.1, 0.15) is 43.1 Å². The van der Waals surface area contributed by atoms with Crippen molar-refractivity contribution in [1.29, 1.82) is 0 Å². The van der Waals surface area contributed by atoms with Crippen LogP contribution in [0.3, 0.4) is 0 Å². The predicted octanol–water partition coefficient (Wildman–Crippen LogP) is 4.19. The lowest BCUT2D eigenvalue weighted by Gasteiger charge is -2.13. The second-order valence-corrected chi connectivity index (χ2v) is 5.67. The Bertz CT molecular complexity index is 638. The third-order valence-electron chi connectivity index (χ3n) is 3.93. The van der Waals surface area contributed by atoms with E-state index >= 15 is 0 Å². The van der Waals surface area contributed by atoms with Gasteiger partial charge in [-0.2, -0.15) is 0 Å². The number of nitrogens with zero attached hydrogens (tertiary/aromatic N) is 1. The summed E-state index contributed by atoms with van der Waals surface area (Å²) in [5.74, 6) is 1.34. The van der Waals surface area contributed by atoms with Gasteiger partial charge in [-0.05, 0) is 62.6 Å². The normalized spacial score (nSPS) is 12.2. The molecule has 0 radical (unpaired) electrons. The quantitative estimate of drug-likeness (QED) is 0.825. The number of aromatic nitrogens is 1. The molecule has 21 heavy (non-hydrogen) atoms. The summed E-state index contributed by atoms with van der Waals surface area (Å²) >= 11 is 0. The summed E-state index contributed by atoms with van der Waals surface area (Å²) in [5.41, 5.74) is 4.75. The zero-order chi connectivity index (χ0) is 15.6. The fraction of sp³-hybridized carbons (Fsp3) is 0.389. The molecule has 2 rings (SSSR count). The van der Waals surface area contributed by atoms with E-state index in [4.69, 9.17) is 4.74 Å². The molecule has 0 bridgehead atoms. The van der Waals surface area contributed by atoms with Gasteiger partial charge < -0.3 is 14.1 Å². The molecule has 112 valence electrons. The smallest absolute Gasteiger partial charge is 0.130 e. The van der Waals surface area contributed by atoms with E-state index in [0.717, 1.165) is 11.4 Å². The SMILES string of the molecule is COc1ccc(-n2c(C)cc(C(C)CC(C)=O)c2C)cc1. The molecule has 2 aromatic rings. The molecule has 0 saturated carbocycles. The van der Waals surface area contributed by atoms with Gasteiger partial charge in [-0.25, -0.2) is 0 Å². The highest BCUT2D eigenvalue weighted by Crippen LogP contribution is 2.29. The van der Waals surface area contributed by atoms with Crippen molar-refractivity contribution < 1.29 is 9.53 Å². The van der Waals surface area contributed by atoms with Crippen molar-refractivity contribution in [3.8, 4) is 11.4 Å². The van der Waals surface area contributed by atoms with E-state index in [1.54, 1.807) is 14.0 Å². The second kappa shape index (κ2) is 6.17. The Balaban J connectivity index is 2.40. The van der Waals surface area contributed by atoms with Crippen molar-refractivity contribution >= 4 is 5.78 Å². The first kappa shape index (κ1) is 15.4.